The standard InChI is InChI=1S/C13H22N2O2/c1-4-17-13-7-5-6-12(15-13)14-9-11(16)8-10(2)3/h5-7,10-11,16H,4,8-9H2,1-3H3,(H,14,15). The molecule has 17 heavy (non-hydrogen) atoms. The molecule has 0 aliphatic heterocycles. The highest BCUT2D eigenvalue weighted by atomic mass is 16.5. The minimum absolute atomic E-state index is 0.340. The van der Waals surface area contributed by atoms with Gasteiger partial charge in [0.25, 0.3) is 0 Å². The number of aliphatic hydroxyl groups is 1. The van der Waals surface area contributed by atoms with Crippen molar-refractivity contribution in [1.29, 1.82) is 0 Å². The molecule has 1 aromatic heterocycles. The Morgan fingerprint density at radius 3 is 2.82 bits per heavy atom. The van der Waals surface area contributed by atoms with Crippen molar-refractivity contribution in [3.8, 4) is 5.88 Å². The number of aliphatic hydroxyl groups excluding tert-OH is 1. The van der Waals surface area contributed by atoms with E-state index < -0.39 is 0 Å². The SMILES string of the molecule is CCOc1cccc(NCC(O)CC(C)C)n1. The number of hydrogen-bond donors (Lipinski definition) is 2. The molecule has 1 heterocycles. The average molecular weight is 238 g/mol. The fraction of sp³-hybridized carbons (Fsp3) is 0.615. The van der Waals surface area contributed by atoms with Crippen LogP contribution in [0.2, 0.25) is 0 Å². The van der Waals surface area contributed by atoms with E-state index in [0.29, 0.717) is 24.9 Å². The van der Waals surface area contributed by atoms with E-state index in [2.05, 4.69) is 24.1 Å². The van der Waals surface area contributed by atoms with Gasteiger partial charge < -0.3 is 15.2 Å². The largest absolute Gasteiger partial charge is 0.478 e. The van der Waals surface area contributed by atoms with Crippen molar-refractivity contribution in [3.63, 3.8) is 0 Å². The second-order valence-corrected chi connectivity index (χ2v) is 4.46. The van der Waals surface area contributed by atoms with Crippen molar-refractivity contribution >= 4 is 5.82 Å². The molecule has 0 amide bonds. The normalized spacial score (nSPS) is 12.5. The molecule has 0 fully saturated rings. The van der Waals surface area contributed by atoms with Crippen LogP contribution in [-0.2, 0) is 0 Å². The molecule has 1 atom stereocenters. The molecule has 0 saturated heterocycles. The highest BCUT2D eigenvalue weighted by molar-refractivity contribution is 5.37. The Morgan fingerprint density at radius 1 is 1.41 bits per heavy atom. The summed E-state index contributed by atoms with van der Waals surface area (Å²) in [6.45, 7) is 7.23. The Kier molecular flexibility index (Phi) is 5.77. The summed E-state index contributed by atoms with van der Waals surface area (Å²) in [5.41, 5.74) is 0. The van der Waals surface area contributed by atoms with Gasteiger partial charge >= 0.3 is 0 Å². The zero-order valence-electron chi connectivity index (χ0n) is 10.8. The molecular weight excluding hydrogens is 216 g/mol. The summed E-state index contributed by atoms with van der Waals surface area (Å²) in [5, 5.41) is 12.8. The Hall–Kier alpha value is -1.29. The van der Waals surface area contributed by atoms with Gasteiger partial charge in [-0.3, -0.25) is 0 Å². The number of nitrogens with one attached hydrogen (secondary N) is 1. The molecule has 0 aromatic carbocycles. The van der Waals surface area contributed by atoms with Crippen LogP contribution in [-0.4, -0.2) is 29.3 Å². The van der Waals surface area contributed by atoms with Gasteiger partial charge in [-0.05, 0) is 25.3 Å². The summed E-state index contributed by atoms with van der Waals surface area (Å²) >= 11 is 0. The predicted molar refractivity (Wildman–Crippen MR) is 69.4 cm³/mol. The molecule has 0 saturated carbocycles. The van der Waals surface area contributed by atoms with Gasteiger partial charge in [-0.1, -0.05) is 19.9 Å². The first-order valence-corrected chi connectivity index (χ1v) is 6.13. The van der Waals surface area contributed by atoms with Crippen molar-refractivity contribution in [2.45, 2.75) is 33.3 Å². The highest BCUT2D eigenvalue weighted by Gasteiger charge is 2.07. The Labute approximate surface area is 103 Å². The van der Waals surface area contributed by atoms with Gasteiger partial charge in [0.1, 0.15) is 5.82 Å². The summed E-state index contributed by atoms with van der Waals surface area (Å²) in [4.78, 5) is 4.27. The summed E-state index contributed by atoms with van der Waals surface area (Å²) < 4.78 is 5.30. The fourth-order valence-corrected chi connectivity index (χ4v) is 1.59. The molecule has 0 aliphatic rings. The van der Waals surface area contributed by atoms with Gasteiger partial charge in [-0.2, -0.15) is 4.98 Å². The molecule has 0 aliphatic carbocycles. The first-order chi connectivity index (χ1) is 8.11. The lowest BCUT2D eigenvalue weighted by molar-refractivity contribution is 0.161. The summed E-state index contributed by atoms with van der Waals surface area (Å²) in [5.74, 6) is 1.84. The molecule has 1 rings (SSSR count). The van der Waals surface area contributed by atoms with Gasteiger partial charge in [0.15, 0.2) is 0 Å². The quantitative estimate of drug-likeness (QED) is 0.765. The second-order valence-electron chi connectivity index (χ2n) is 4.46. The Morgan fingerprint density at radius 2 is 2.18 bits per heavy atom. The summed E-state index contributed by atoms with van der Waals surface area (Å²) in [6.07, 6.45) is 0.450. The minimum atomic E-state index is -0.340. The maximum Gasteiger partial charge on any atom is 0.215 e. The van der Waals surface area contributed by atoms with E-state index in [1.54, 1.807) is 0 Å². The zero-order chi connectivity index (χ0) is 12.7. The van der Waals surface area contributed by atoms with Crippen LogP contribution < -0.4 is 10.1 Å². The topological polar surface area (TPSA) is 54.4 Å². The molecule has 96 valence electrons. The number of nitrogens with zero attached hydrogens (tertiary/aromatic N) is 1. The van der Waals surface area contributed by atoms with E-state index in [4.69, 9.17) is 4.74 Å². The number of pyridine rings is 1. The molecule has 1 aromatic rings. The van der Waals surface area contributed by atoms with E-state index in [9.17, 15) is 5.11 Å². The maximum absolute atomic E-state index is 9.73. The third-order valence-corrected chi connectivity index (χ3v) is 2.28. The highest BCUT2D eigenvalue weighted by Crippen LogP contribution is 2.12. The molecule has 1 unspecified atom stereocenters. The van der Waals surface area contributed by atoms with Crippen LogP contribution in [0.3, 0.4) is 0 Å². The number of anilines is 1. The Bertz CT molecular complexity index is 329. The summed E-state index contributed by atoms with van der Waals surface area (Å²) in [6, 6.07) is 5.57. The van der Waals surface area contributed by atoms with Crippen molar-refractivity contribution in [2.75, 3.05) is 18.5 Å². The van der Waals surface area contributed by atoms with E-state index >= 15 is 0 Å². The average Bonchev–Trinajstić information content (AvgIpc) is 2.26. The molecule has 0 radical (unpaired) electrons. The Balaban J connectivity index is 2.43. The lowest BCUT2D eigenvalue weighted by atomic mass is 10.1. The van der Waals surface area contributed by atoms with Crippen molar-refractivity contribution < 1.29 is 9.84 Å². The van der Waals surface area contributed by atoms with Crippen molar-refractivity contribution in [1.82, 2.24) is 4.98 Å². The monoisotopic (exact) mass is 238 g/mol. The number of hydrogen-bond acceptors (Lipinski definition) is 4. The third-order valence-electron chi connectivity index (χ3n) is 2.28. The van der Waals surface area contributed by atoms with Gasteiger partial charge in [0.2, 0.25) is 5.88 Å². The zero-order valence-corrected chi connectivity index (χ0v) is 10.8. The lowest BCUT2D eigenvalue weighted by Gasteiger charge is -2.14. The number of ether oxygens (including phenoxy) is 1. The second kappa shape index (κ2) is 7.12. The van der Waals surface area contributed by atoms with Gasteiger partial charge in [-0.15, -0.1) is 0 Å². The number of rotatable bonds is 7. The first-order valence-electron chi connectivity index (χ1n) is 6.13. The fourth-order valence-electron chi connectivity index (χ4n) is 1.59. The van der Waals surface area contributed by atoms with Crippen LogP contribution in [0.5, 0.6) is 5.88 Å². The van der Waals surface area contributed by atoms with Gasteiger partial charge in [0, 0.05) is 12.6 Å². The molecule has 4 heteroatoms. The van der Waals surface area contributed by atoms with Crippen LogP contribution in [0.4, 0.5) is 5.82 Å². The van der Waals surface area contributed by atoms with Gasteiger partial charge in [-0.25, -0.2) is 0 Å². The molecule has 4 nitrogen and oxygen atoms in total. The van der Waals surface area contributed by atoms with Crippen LogP contribution >= 0.6 is 0 Å². The van der Waals surface area contributed by atoms with E-state index in [1.807, 2.05) is 25.1 Å². The van der Waals surface area contributed by atoms with Crippen LogP contribution in [0.1, 0.15) is 27.2 Å². The molecule has 2 N–H and O–H groups in total. The molecule has 0 spiro atoms. The smallest absolute Gasteiger partial charge is 0.215 e. The van der Waals surface area contributed by atoms with Crippen molar-refractivity contribution in [3.05, 3.63) is 18.2 Å². The lowest BCUT2D eigenvalue weighted by Crippen LogP contribution is -2.21. The van der Waals surface area contributed by atoms with Crippen LogP contribution in [0.15, 0.2) is 18.2 Å². The summed E-state index contributed by atoms with van der Waals surface area (Å²) in [7, 11) is 0. The van der Waals surface area contributed by atoms with Crippen LogP contribution in [0, 0.1) is 5.92 Å². The molecular formula is C13H22N2O2. The van der Waals surface area contributed by atoms with Crippen molar-refractivity contribution in [2.24, 2.45) is 5.92 Å². The van der Waals surface area contributed by atoms with E-state index in [1.165, 1.54) is 0 Å². The minimum Gasteiger partial charge on any atom is -0.478 e. The van der Waals surface area contributed by atoms with E-state index in [-0.39, 0.29) is 6.10 Å². The third kappa shape index (κ3) is 5.54. The first kappa shape index (κ1) is 13.8. The van der Waals surface area contributed by atoms with Crippen LogP contribution in [0.25, 0.3) is 0 Å². The number of aromatic nitrogens is 1. The van der Waals surface area contributed by atoms with Gasteiger partial charge in [0.05, 0.1) is 12.7 Å². The molecule has 0 bridgehead atoms. The van der Waals surface area contributed by atoms with E-state index in [0.717, 1.165) is 12.2 Å². The predicted octanol–water partition coefficient (Wildman–Crippen LogP) is 2.30. The maximum atomic E-state index is 9.73.